The van der Waals surface area contributed by atoms with Gasteiger partial charge in [0.15, 0.2) is 5.13 Å². The minimum Gasteiger partial charge on any atom is -0.481 e. The number of nitro groups is 1. The van der Waals surface area contributed by atoms with E-state index in [1.807, 2.05) is 0 Å². The summed E-state index contributed by atoms with van der Waals surface area (Å²) in [5.74, 6) is -2.54. The van der Waals surface area contributed by atoms with E-state index in [4.69, 9.17) is 0 Å². The Morgan fingerprint density at radius 1 is 1.29 bits per heavy atom. The van der Waals surface area contributed by atoms with Crippen LogP contribution in [0.25, 0.3) is 10.2 Å². The molecule has 1 aliphatic carbocycles. The molecule has 2 unspecified atom stereocenters. The van der Waals surface area contributed by atoms with E-state index in [-0.39, 0.29) is 11.6 Å². The first-order chi connectivity index (χ1) is 11.5. The van der Waals surface area contributed by atoms with Gasteiger partial charge in [-0.15, -0.1) is 0 Å². The zero-order valence-corrected chi connectivity index (χ0v) is 13.4. The highest BCUT2D eigenvalue weighted by Crippen LogP contribution is 2.33. The number of aliphatic carboxylic acids is 1. The smallest absolute Gasteiger partial charge is 0.307 e. The molecule has 8 nitrogen and oxygen atoms in total. The lowest BCUT2D eigenvalue weighted by Gasteiger charge is -2.26. The van der Waals surface area contributed by atoms with Crippen LogP contribution in [0.1, 0.15) is 25.7 Å². The summed E-state index contributed by atoms with van der Waals surface area (Å²) in [6.45, 7) is 0. The number of nitrogens with one attached hydrogen (secondary N) is 1. The van der Waals surface area contributed by atoms with Gasteiger partial charge >= 0.3 is 5.97 Å². The maximum atomic E-state index is 12.4. The molecule has 9 heteroatoms. The van der Waals surface area contributed by atoms with Crippen molar-refractivity contribution in [3.05, 3.63) is 28.3 Å². The molecule has 2 aromatic rings. The van der Waals surface area contributed by atoms with E-state index in [9.17, 15) is 24.8 Å². The maximum absolute atomic E-state index is 12.4. The number of carboxylic acid groups (broad SMARTS) is 1. The van der Waals surface area contributed by atoms with Gasteiger partial charge in [-0.1, -0.05) is 24.2 Å². The van der Waals surface area contributed by atoms with Crippen molar-refractivity contribution in [1.29, 1.82) is 0 Å². The average Bonchev–Trinajstić information content (AvgIpc) is 2.95. The molecule has 2 atom stereocenters. The number of fused-ring (bicyclic) bond motifs is 1. The summed E-state index contributed by atoms with van der Waals surface area (Å²) < 4.78 is 0.595. The highest BCUT2D eigenvalue weighted by molar-refractivity contribution is 7.22. The van der Waals surface area contributed by atoms with Crippen LogP contribution < -0.4 is 5.32 Å². The Morgan fingerprint density at radius 3 is 2.67 bits per heavy atom. The lowest BCUT2D eigenvalue weighted by Crippen LogP contribution is -2.36. The van der Waals surface area contributed by atoms with Gasteiger partial charge in [0.2, 0.25) is 5.91 Å². The third-order valence-electron chi connectivity index (χ3n) is 4.23. The number of nitrogens with zero attached hydrogens (tertiary/aromatic N) is 2. The molecule has 0 bridgehead atoms. The van der Waals surface area contributed by atoms with Crippen LogP contribution in [0.3, 0.4) is 0 Å². The number of aromatic nitrogens is 1. The van der Waals surface area contributed by atoms with Crippen LogP contribution >= 0.6 is 11.3 Å². The van der Waals surface area contributed by atoms with Crippen molar-refractivity contribution in [1.82, 2.24) is 4.98 Å². The molecule has 0 radical (unpaired) electrons. The third kappa shape index (κ3) is 3.21. The number of carboxylic acids is 1. The predicted molar refractivity (Wildman–Crippen MR) is 88.0 cm³/mol. The first-order valence-electron chi connectivity index (χ1n) is 7.54. The molecule has 3 rings (SSSR count). The number of rotatable bonds is 4. The van der Waals surface area contributed by atoms with Crippen LogP contribution in [0.5, 0.6) is 0 Å². The summed E-state index contributed by atoms with van der Waals surface area (Å²) in [5.41, 5.74) is 0.515. The van der Waals surface area contributed by atoms with E-state index in [1.165, 1.54) is 18.2 Å². The Labute approximate surface area is 140 Å². The normalized spacial score (nSPS) is 20.7. The summed E-state index contributed by atoms with van der Waals surface area (Å²) in [5, 5.41) is 23.1. The van der Waals surface area contributed by atoms with Gasteiger partial charge in [0, 0.05) is 12.1 Å². The first kappa shape index (κ1) is 16.3. The SMILES string of the molecule is O=C(O)C1CCCCC1C(=O)Nc1nc2ccc([N+](=O)[O-])cc2s1. The predicted octanol–water partition coefficient (Wildman–Crippen LogP) is 3.03. The summed E-state index contributed by atoms with van der Waals surface area (Å²) in [7, 11) is 0. The van der Waals surface area contributed by atoms with Gasteiger partial charge in [-0.05, 0) is 18.9 Å². The Hall–Kier alpha value is -2.55. The van der Waals surface area contributed by atoms with Gasteiger partial charge in [0.25, 0.3) is 5.69 Å². The third-order valence-corrected chi connectivity index (χ3v) is 5.17. The van der Waals surface area contributed by atoms with Crippen LogP contribution in [-0.2, 0) is 9.59 Å². The second-order valence-electron chi connectivity index (χ2n) is 5.75. The topological polar surface area (TPSA) is 122 Å². The average molecular weight is 349 g/mol. The van der Waals surface area contributed by atoms with E-state index in [1.54, 1.807) is 0 Å². The highest BCUT2D eigenvalue weighted by atomic mass is 32.1. The van der Waals surface area contributed by atoms with Crippen molar-refractivity contribution in [3.63, 3.8) is 0 Å². The number of carbonyl (C=O) groups excluding carboxylic acids is 1. The number of anilines is 1. The fourth-order valence-corrected chi connectivity index (χ4v) is 3.92. The van der Waals surface area contributed by atoms with Crippen molar-refractivity contribution in [2.24, 2.45) is 11.8 Å². The largest absolute Gasteiger partial charge is 0.481 e. The standard InChI is InChI=1S/C15H15N3O5S/c19-13(9-3-1-2-4-10(9)14(20)21)17-15-16-11-6-5-8(18(22)23)7-12(11)24-15/h5-7,9-10H,1-4H2,(H,20,21)(H,16,17,19). The number of nitro benzene ring substituents is 1. The van der Waals surface area contributed by atoms with Crippen LogP contribution in [-0.4, -0.2) is 26.9 Å². The number of hydrogen-bond acceptors (Lipinski definition) is 6. The minimum atomic E-state index is -0.949. The fourth-order valence-electron chi connectivity index (χ4n) is 3.02. The van der Waals surface area contributed by atoms with Gasteiger partial charge in [-0.25, -0.2) is 4.98 Å². The molecule has 1 saturated carbocycles. The van der Waals surface area contributed by atoms with Gasteiger partial charge in [-0.2, -0.15) is 0 Å². The number of thiazole rings is 1. The summed E-state index contributed by atoms with van der Waals surface area (Å²) in [4.78, 5) is 38.3. The lowest BCUT2D eigenvalue weighted by atomic mass is 9.79. The van der Waals surface area contributed by atoms with E-state index < -0.39 is 22.7 Å². The summed E-state index contributed by atoms with van der Waals surface area (Å²) in [6.07, 6.45) is 2.68. The molecular weight excluding hydrogens is 334 g/mol. The first-order valence-corrected chi connectivity index (χ1v) is 8.36. The number of non-ortho nitro benzene ring substituents is 1. The Kier molecular flexibility index (Phi) is 4.43. The molecule has 1 heterocycles. The molecule has 1 aromatic carbocycles. The maximum Gasteiger partial charge on any atom is 0.307 e. The van der Waals surface area contributed by atoms with Crippen molar-refractivity contribution in [2.75, 3.05) is 5.32 Å². The number of amides is 1. The van der Waals surface area contributed by atoms with E-state index in [2.05, 4.69) is 10.3 Å². The van der Waals surface area contributed by atoms with E-state index in [0.717, 1.165) is 24.2 Å². The quantitative estimate of drug-likeness (QED) is 0.646. The van der Waals surface area contributed by atoms with Crippen molar-refractivity contribution in [2.45, 2.75) is 25.7 Å². The zero-order valence-electron chi connectivity index (χ0n) is 12.6. The zero-order chi connectivity index (χ0) is 17.3. The van der Waals surface area contributed by atoms with Crippen LogP contribution in [0.15, 0.2) is 18.2 Å². The van der Waals surface area contributed by atoms with Gasteiger partial charge in [0.05, 0.1) is 27.0 Å². The molecule has 1 fully saturated rings. The summed E-state index contributed by atoms with van der Waals surface area (Å²) in [6, 6.07) is 4.29. The number of carbonyl (C=O) groups is 2. The lowest BCUT2D eigenvalue weighted by molar-refractivity contribution is -0.384. The minimum absolute atomic E-state index is 0.0396. The summed E-state index contributed by atoms with van der Waals surface area (Å²) >= 11 is 1.14. The van der Waals surface area contributed by atoms with Crippen LogP contribution in [0, 0.1) is 22.0 Å². The monoisotopic (exact) mass is 349 g/mol. The van der Waals surface area contributed by atoms with Gasteiger partial charge < -0.3 is 10.4 Å². The molecule has 2 N–H and O–H groups in total. The Morgan fingerprint density at radius 2 is 2.00 bits per heavy atom. The highest BCUT2D eigenvalue weighted by Gasteiger charge is 2.36. The molecule has 126 valence electrons. The number of hydrogen-bond donors (Lipinski definition) is 2. The number of benzene rings is 1. The van der Waals surface area contributed by atoms with E-state index in [0.29, 0.717) is 28.2 Å². The van der Waals surface area contributed by atoms with E-state index >= 15 is 0 Å². The molecule has 0 aliphatic heterocycles. The van der Waals surface area contributed by atoms with Crippen molar-refractivity contribution in [3.8, 4) is 0 Å². The molecule has 1 aromatic heterocycles. The Balaban J connectivity index is 1.79. The fraction of sp³-hybridized carbons (Fsp3) is 0.400. The van der Waals surface area contributed by atoms with Crippen LogP contribution in [0.4, 0.5) is 10.8 Å². The second kappa shape index (κ2) is 6.52. The van der Waals surface area contributed by atoms with Crippen LogP contribution in [0.2, 0.25) is 0 Å². The van der Waals surface area contributed by atoms with Gasteiger partial charge in [-0.3, -0.25) is 19.7 Å². The van der Waals surface area contributed by atoms with Crippen molar-refractivity contribution >= 4 is 44.2 Å². The molecule has 0 saturated heterocycles. The molecule has 24 heavy (non-hydrogen) atoms. The molecule has 0 spiro atoms. The molecule has 1 amide bonds. The van der Waals surface area contributed by atoms with Crippen molar-refractivity contribution < 1.29 is 19.6 Å². The molecular formula is C15H15N3O5S. The second-order valence-corrected chi connectivity index (χ2v) is 6.78. The van der Waals surface area contributed by atoms with Gasteiger partial charge in [0.1, 0.15) is 0 Å². The molecule has 1 aliphatic rings. The Bertz CT molecular complexity index is 819.